The van der Waals surface area contributed by atoms with Crippen molar-refractivity contribution in [2.45, 2.75) is 88.7 Å². The summed E-state index contributed by atoms with van der Waals surface area (Å²) in [5, 5.41) is 1.09. The first kappa shape index (κ1) is 27.8. The van der Waals surface area contributed by atoms with Crippen LogP contribution < -0.4 is 5.32 Å². The van der Waals surface area contributed by atoms with Crippen LogP contribution in [0.2, 0.25) is 0 Å². The van der Waals surface area contributed by atoms with Gasteiger partial charge in [0.1, 0.15) is 0 Å². The Labute approximate surface area is 211 Å². The van der Waals surface area contributed by atoms with Gasteiger partial charge < -0.3 is 10.2 Å². The lowest BCUT2D eigenvalue weighted by atomic mass is 9.89. The maximum absolute atomic E-state index is 12.1. The van der Waals surface area contributed by atoms with Crippen LogP contribution in [-0.2, 0) is 53.4 Å². The summed E-state index contributed by atoms with van der Waals surface area (Å²) >= 11 is 0. The molecular weight excluding hydrogens is 488 g/mol. The van der Waals surface area contributed by atoms with Crippen molar-refractivity contribution in [3.8, 4) is 0 Å². The Hall–Kier alpha value is -2.79. The Morgan fingerprint density at radius 3 is 2.44 bits per heavy atom. The fourth-order valence-electron chi connectivity index (χ4n) is 4.52. The second-order valence-electron chi connectivity index (χ2n) is 9.38. The van der Waals surface area contributed by atoms with Gasteiger partial charge >= 0.3 is 5.97 Å². The Bertz CT molecular complexity index is 1090. The van der Waals surface area contributed by atoms with E-state index in [1.54, 1.807) is 0 Å². The molecule has 1 aliphatic heterocycles. The minimum Gasteiger partial charge on any atom is -0.356 e. The summed E-state index contributed by atoms with van der Waals surface area (Å²) in [6.45, 7) is 0.552. The van der Waals surface area contributed by atoms with E-state index in [1.807, 2.05) is 0 Å². The Kier molecular flexibility index (Phi) is 10.0. The first-order chi connectivity index (χ1) is 17.1. The number of carbonyl (C=O) groups is 4. The summed E-state index contributed by atoms with van der Waals surface area (Å²) in [7, 11) is -4.74. The van der Waals surface area contributed by atoms with Crippen LogP contribution in [0.4, 0.5) is 0 Å². The lowest BCUT2D eigenvalue weighted by Crippen LogP contribution is -2.36. The van der Waals surface area contributed by atoms with Crippen LogP contribution in [0.3, 0.4) is 0 Å². The minimum absolute atomic E-state index is 0.0275. The molecule has 0 radical (unpaired) electrons. The second kappa shape index (κ2) is 13.0. The van der Waals surface area contributed by atoms with E-state index in [4.69, 9.17) is 4.55 Å². The van der Waals surface area contributed by atoms with Crippen molar-refractivity contribution >= 4 is 33.8 Å². The summed E-state index contributed by atoms with van der Waals surface area (Å²) in [5.74, 6) is -3.07. The second-order valence-corrected chi connectivity index (χ2v) is 11.0. The molecule has 0 aromatic heterocycles. The van der Waals surface area contributed by atoms with Crippen LogP contribution in [0, 0.1) is 0 Å². The molecule has 3 rings (SSSR count). The highest BCUT2D eigenvalue weighted by atomic mass is 32.2. The molecule has 0 saturated carbocycles. The molecule has 1 aromatic rings. The predicted molar refractivity (Wildman–Crippen MR) is 130 cm³/mol. The third-order valence-electron chi connectivity index (χ3n) is 6.53. The van der Waals surface area contributed by atoms with Crippen molar-refractivity contribution in [3.05, 3.63) is 34.9 Å². The van der Waals surface area contributed by atoms with E-state index in [9.17, 15) is 27.6 Å². The van der Waals surface area contributed by atoms with Crippen LogP contribution in [0.5, 0.6) is 0 Å². The van der Waals surface area contributed by atoms with Gasteiger partial charge in [-0.15, -0.1) is 5.06 Å². The highest BCUT2D eigenvalue weighted by Crippen LogP contribution is 2.23. The molecule has 10 nitrogen and oxygen atoms in total. The number of unbranched alkanes of at least 4 members (excludes halogenated alkanes) is 3. The molecule has 0 bridgehead atoms. The van der Waals surface area contributed by atoms with Gasteiger partial charge in [-0.05, 0) is 68.1 Å². The van der Waals surface area contributed by atoms with E-state index in [0.717, 1.165) is 32.1 Å². The summed E-state index contributed by atoms with van der Waals surface area (Å²) in [6, 6.07) is 6.70. The standard InChI is InChI=1S/C25H34N2O8S/c28-22(11-7-8-18-13-14-19-9-4-5-10-20(19)16-18)26-15-6-2-1-3-12-24(30)35-27-23(29)17-21(25(27)31)36(32,33)34/h13-14,16,21H,1-12,15,17H2,(H,26,28)(H,32,33,34). The van der Waals surface area contributed by atoms with Gasteiger partial charge in [0.05, 0.1) is 6.42 Å². The molecule has 1 atom stereocenters. The summed E-state index contributed by atoms with van der Waals surface area (Å²) in [6.07, 6.45) is 8.87. The molecular formula is C25H34N2O8S. The van der Waals surface area contributed by atoms with Crippen molar-refractivity contribution in [3.63, 3.8) is 0 Å². The minimum atomic E-state index is -4.74. The molecule has 1 unspecified atom stereocenters. The Morgan fingerprint density at radius 2 is 1.72 bits per heavy atom. The maximum atomic E-state index is 12.1. The Balaban J connectivity index is 1.21. The number of nitrogens with one attached hydrogen (secondary N) is 1. The zero-order chi connectivity index (χ0) is 26.1. The highest BCUT2D eigenvalue weighted by Gasteiger charge is 2.48. The van der Waals surface area contributed by atoms with Crippen molar-refractivity contribution < 1.29 is 37.0 Å². The van der Waals surface area contributed by atoms with Gasteiger partial charge in [-0.25, -0.2) is 4.79 Å². The number of fused-ring (bicyclic) bond motifs is 1. The van der Waals surface area contributed by atoms with Crippen LogP contribution in [-0.4, -0.2) is 53.5 Å². The molecule has 11 heteroatoms. The van der Waals surface area contributed by atoms with E-state index in [0.29, 0.717) is 25.8 Å². The molecule has 1 saturated heterocycles. The van der Waals surface area contributed by atoms with Gasteiger partial charge in [0, 0.05) is 19.4 Å². The number of carbonyl (C=O) groups excluding carboxylic acids is 4. The Morgan fingerprint density at radius 1 is 1.00 bits per heavy atom. The molecule has 1 aliphatic carbocycles. The molecule has 1 heterocycles. The maximum Gasteiger partial charge on any atom is 0.333 e. The van der Waals surface area contributed by atoms with E-state index < -0.39 is 39.6 Å². The van der Waals surface area contributed by atoms with E-state index >= 15 is 0 Å². The largest absolute Gasteiger partial charge is 0.356 e. The van der Waals surface area contributed by atoms with Gasteiger partial charge in [-0.1, -0.05) is 31.0 Å². The molecule has 3 amide bonds. The molecule has 2 N–H and O–H groups in total. The van der Waals surface area contributed by atoms with Crippen molar-refractivity contribution in [2.75, 3.05) is 6.54 Å². The monoisotopic (exact) mass is 522 g/mol. The fraction of sp³-hybridized carbons (Fsp3) is 0.600. The SMILES string of the molecule is O=C(CCCc1ccc2c(c1)CCCC2)NCCCCCCC(=O)ON1C(=O)CC(S(=O)(=O)O)C1=O. The number of hydrogen-bond acceptors (Lipinski definition) is 7. The summed E-state index contributed by atoms with van der Waals surface area (Å²) < 4.78 is 31.2. The number of amides is 3. The van der Waals surface area contributed by atoms with Crippen LogP contribution in [0.15, 0.2) is 18.2 Å². The van der Waals surface area contributed by atoms with Gasteiger partial charge in [0.15, 0.2) is 5.25 Å². The number of hydroxylamine groups is 2. The molecule has 0 spiro atoms. The van der Waals surface area contributed by atoms with Crippen molar-refractivity contribution in [1.82, 2.24) is 10.4 Å². The zero-order valence-electron chi connectivity index (χ0n) is 20.4. The molecule has 198 valence electrons. The third kappa shape index (κ3) is 8.12. The topological polar surface area (TPSA) is 147 Å². The van der Waals surface area contributed by atoms with E-state index in [-0.39, 0.29) is 17.4 Å². The summed E-state index contributed by atoms with van der Waals surface area (Å²) in [4.78, 5) is 52.1. The quantitative estimate of drug-likeness (QED) is 0.228. The van der Waals surface area contributed by atoms with Gasteiger partial charge in [0.2, 0.25) is 5.91 Å². The van der Waals surface area contributed by atoms with Crippen molar-refractivity contribution in [2.24, 2.45) is 0 Å². The van der Waals surface area contributed by atoms with Gasteiger partial charge in [0.25, 0.3) is 21.9 Å². The fourth-order valence-corrected chi connectivity index (χ4v) is 5.22. The number of rotatable bonds is 13. The number of imide groups is 1. The first-order valence-corrected chi connectivity index (χ1v) is 14.1. The molecule has 1 fully saturated rings. The number of hydrogen-bond donors (Lipinski definition) is 2. The predicted octanol–water partition coefficient (Wildman–Crippen LogP) is 2.43. The van der Waals surface area contributed by atoms with Crippen LogP contribution in [0.1, 0.15) is 80.9 Å². The van der Waals surface area contributed by atoms with E-state index in [1.165, 1.54) is 36.0 Å². The lowest BCUT2D eigenvalue weighted by Gasteiger charge is -2.16. The zero-order valence-corrected chi connectivity index (χ0v) is 21.2. The number of nitrogens with zero attached hydrogens (tertiary/aromatic N) is 1. The van der Waals surface area contributed by atoms with Crippen LogP contribution >= 0.6 is 0 Å². The van der Waals surface area contributed by atoms with Gasteiger partial charge in [-0.2, -0.15) is 8.42 Å². The summed E-state index contributed by atoms with van der Waals surface area (Å²) in [5.41, 5.74) is 4.21. The number of aryl methyl sites for hydroxylation is 3. The number of benzene rings is 1. The molecule has 1 aromatic carbocycles. The third-order valence-corrected chi connectivity index (χ3v) is 7.61. The van der Waals surface area contributed by atoms with Crippen LogP contribution in [0.25, 0.3) is 0 Å². The highest BCUT2D eigenvalue weighted by molar-refractivity contribution is 7.87. The molecule has 2 aliphatic rings. The average Bonchev–Trinajstić information content (AvgIpc) is 3.12. The first-order valence-electron chi connectivity index (χ1n) is 12.6. The smallest absolute Gasteiger partial charge is 0.333 e. The lowest BCUT2D eigenvalue weighted by molar-refractivity contribution is -0.197. The molecule has 36 heavy (non-hydrogen) atoms. The van der Waals surface area contributed by atoms with Gasteiger partial charge in [-0.3, -0.25) is 18.9 Å². The normalized spacial score (nSPS) is 17.7. The van der Waals surface area contributed by atoms with Crippen molar-refractivity contribution in [1.29, 1.82) is 0 Å². The average molecular weight is 523 g/mol. The van der Waals surface area contributed by atoms with E-state index in [2.05, 4.69) is 28.4 Å².